The van der Waals surface area contributed by atoms with Crippen molar-refractivity contribution in [3.05, 3.63) is 76.3 Å². The van der Waals surface area contributed by atoms with Gasteiger partial charge in [0.1, 0.15) is 0 Å². The summed E-state index contributed by atoms with van der Waals surface area (Å²) >= 11 is 0. The van der Waals surface area contributed by atoms with E-state index >= 15 is 0 Å². The third kappa shape index (κ3) is 4.37. The maximum Gasteiger partial charge on any atom is 0.296 e. The average Bonchev–Trinajstić information content (AvgIpc) is 2.53. The second kappa shape index (κ2) is 7.15. The molecule has 0 N–H and O–H groups in total. The van der Waals surface area contributed by atoms with E-state index in [-0.39, 0.29) is 11.5 Å². The summed E-state index contributed by atoms with van der Waals surface area (Å²) in [4.78, 5) is 10.3. The van der Waals surface area contributed by atoms with E-state index in [4.69, 9.17) is 4.18 Å². The van der Waals surface area contributed by atoms with Crippen LogP contribution in [-0.2, 0) is 14.3 Å². The van der Waals surface area contributed by atoms with Gasteiger partial charge in [0.2, 0.25) is 6.54 Å². The Balaban J connectivity index is 2.13. The van der Waals surface area contributed by atoms with Crippen LogP contribution >= 0.6 is 0 Å². The highest BCUT2D eigenvalue weighted by molar-refractivity contribution is 7.86. The zero-order chi connectivity index (χ0) is 16.0. The number of benzene rings is 2. The van der Waals surface area contributed by atoms with Crippen molar-refractivity contribution >= 4 is 10.1 Å². The van der Waals surface area contributed by atoms with Gasteiger partial charge in [0, 0.05) is 4.92 Å². The van der Waals surface area contributed by atoms with E-state index < -0.39 is 27.5 Å². The molecule has 0 aliphatic rings. The van der Waals surface area contributed by atoms with Crippen molar-refractivity contribution in [2.45, 2.75) is 10.8 Å². The van der Waals surface area contributed by atoms with Crippen molar-refractivity contribution in [3.8, 4) is 0 Å². The van der Waals surface area contributed by atoms with Gasteiger partial charge in [-0.15, -0.1) is 0 Å². The molecule has 116 valence electrons. The Labute approximate surface area is 128 Å². The minimum absolute atomic E-state index is 0.0305. The fourth-order valence-electron chi connectivity index (χ4n) is 1.99. The smallest absolute Gasteiger partial charge is 0.265 e. The second-order valence-electron chi connectivity index (χ2n) is 4.67. The Morgan fingerprint density at radius 3 is 2.09 bits per heavy atom. The summed E-state index contributed by atoms with van der Waals surface area (Å²) in [6.07, 6.45) is 0. The fourth-order valence-corrected chi connectivity index (χ4v) is 2.96. The zero-order valence-corrected chi connectivity index (χ0v) is 12.5. The largest absolute Gasteiger partial charge is 0.296 e. The molecule has 0 saturated carbocycles. The van der Waals surface area contributed by atoms with E-state index in [9.17, 15) is 18.5 Å². The fraction of sp³-hybridized carbons (Fsp3) is 0.200. The number of nitrogens with zero attached hydrogens (tertiary/aromatic N) is 1. The lowest BCUT2D eigenvalue weighted by Crippen LogP contribution is -2.20. The van der Waals surface area contributed by atoms with Crippen molar-refractivity contribution in [2.75, 3.05) is 13.2 Å². The van der Waals surface area contributed by atoms with Crippen molar-refractivity contribution in [3.63, 3.8) is 0 Å². The van der Waals surface area contributed by atoms with Crippen molar-refractivity contribution in [2.24, 2.45) is 0 Å². The van der Waals surface area contributed by atoms with Gasteiger partial charge in [-0.05, 0) is 17.7 Å². The van der Waals surface area contributed by atoms with Gasteiger partial charge < -0.3 is 0 Å². The molecule has 1 atom stereocenters. The summed E-state index contributed by atoms with van der Waals surface area (Å²) in [7, 11) is -3.92. The van der Waals surface area contributed by atoms with Crippen LogP contribution in [0.25, 0.3) is 0 Å². The molecule has 0 aromatic heterocycles. The minimum atomic E-state index is -3.92. The molecule has 2 aromatic carbocycles. The molecule has 6 nitrogen and oxygen atoms in total. The van der Waals surface area contributed by atoms with Crippen molar-refractivity contribution in [1.29, 1.82) is 0 Å². The number of hydrogen-bond acceptors (Lipinski definition) is 5. The third-order valence-corrected chi connectivity index (χ3v) is 4.39. The van der Waals surface area contributed by atoms with E-state index in [0.717, 1.165) is 0 Å². The lowest BCUT2D eigenvalue weighted by atomic mass is 10.0. The van der Waals surface area contributed by atoms with Crippen LogP contribution in [0, 0.1) is 10.1 Å². The lowest BCUT2D eigenvalue weighted by molar-refractivity contribution is -0.483. The molecule has 22 heavy (non-hydrogen) atoms. The molecule has 0 radical (unpaired) electrons. The van der Waals surface area contributed by atoms with Crippen LogP contribution in [0.2, 0.25) is 0 Å². The highest BCUT2D eigenvalue weighted by atomic mass is 32.2. The number of rotatable bonds is 7. The summed E-state index contributed by atoms with van der Waals surface area (Å²) in [5, 5.41) is 10.8. The summed E-state index contributed by atoms with van der Waals surface area (Å²) in [6.45, 7) is -0.670. The maximum atomic E-state index is 12.1. The molecule has 0 fully saturated rings. The van der Waals surface area contributed by atoms with Crippen molar-refractivity contribution in [1.82, 2.24) is 0 Å². The molecule has 0 saturated heterocycles. The first-order chi connectivity index (χ1) is 10.5. The summed E-state index contributed by atoms with van der Waals surface area (Å²) in [6, 6.07) is 16.4. The molecule has 7 heteroatoms. The Hall–Kier alpha value is -2.25. The molecular weight excluding hydrogens is 306 g/mol. The first kappa shape index (κ1) is 16.1. The Morgan fingerprint density at radius 2 is 1.55 bits per heavy atom. The normalized spacial score (nSPS) is 12.7. The minimum Gasteiger partial charge on any atom is -0.265 e. The van der Waals surface area contributed by atoms with Gasteiger partial charge in [-0.3, -0.25) is 14.3 Å². The topological polar surface area (TPSA) is 86.5 Å². The molecule has 1 unspecified atom stereocenters. The molecule has 0 aliphatic carbocycles. The van der Waals surface area contributed by atoms with Crippen molar-refractivity contribution < 1.29 is 17.5 Å². The van der Waals surface area contributed by atoms with E-state index in [2.05, 4.69) is 0 Å². The van der Waals surface area contributed by atoms with Crippen LogP contribution in [0.5, 0.6) is 0 Å². The van der Waals surface area contributed by atoms with Gasteiger partial charge in [-0.2, -0.15) is 8.42 Å². The van der Waals surface area contributed by atoms with Crippen LogP contribution in [-0.4, -0.2) is 26.5 Å². The van der Waals surface area contributed by atoms with Gasteiger partial charge in [-0.25, -0.2) is 0 Å². The molecular formula is C15H15NO5S. The van der Waals surface area contributed by atoms with Gasteiger partial charge in [0.15, 0.2) is 0 Å². The monoisotopic (exact) mass is 321 g/mol. The van der Waals surface area contributed by atoms with Crippen LogP contribution < -0.4 is 0 Å². The molecule has 2 aromatic rings. The SMILES string of the molecule is O=[N+]([O-])CC(COS(=O)(=O)c1ccccc1)c1ccccc1. The first-order valence-corrected chi connectivity index (χ1v) is 8.01. The predicted octanol–water partition coefficient (Wildman–Crippen LogP) is 2.45. The highest BCUT2D eigenvalue weighted by Gasteiger charge is 2.23. The van der Waals surface area contributed by atoms with E-state index in [0.29, 0.717) is 5.56 Å². The molecule has 0 aliphatic heterocycles. The molecule has 0 heterocycles. The van der Waals surface area contributed by atoms with Crippen LogP contribution in [0.15, 0.2) is 65.6 Å². The van der Waals surface area contributed by atoms with Crippen LogP contribution in [0.4, 0.5) is 0 Å². The first-order valence-electron chi connectivity index (χ1n) is 6.60. The molecule has 0 amide bonds. The standard InChI is InChI=1S/C15H15NO5S/c17-16(18)11-14(13-7-3-1-4-8-13)12-21-22(19,20)15-9-5-2-6-10-15/h1-10,14H,11-12H2. The Kier molecular flexibility index (Phi) is 5.24. The molecule has 0 spiro atoms. The van der Waals surface area contributed by atoms with Gasteiger partial charge in [0.25, 0.3) is 10.1 Å². The van der Waals surface area contributed by atoms with Gasteiger partial charge >= 0.3 is 0 Å². The van der Waals surface area contributed by atoms with Gasteiger partial charge in [0.05, 0.1) is 17.4 Å². The van der Waals surface area contributed by atoms with Crippen LogP contribution in [0.3, 0.4) is 0 Å². The lowest BCUT2D eigenvalue weighted by Gasteiger charge is -2.13. The van der Waals surface area contributed by atoms with E-state index in [1.54, 1.807) is 48.5 Å². The van der Waals surface area contributed by atoms with Gasteiger partial charge in [-0.1, -0.05) is 48.5 Å². The highest BCUT2D eigenvalue weighted by Crippen LogP contribution is 2.19. The Bertz CT molecular complexity index is 716. The molecule has 0 bridgehead atoms. The predicted molar refractivity (Wildman–Crippen MR) is 80.6 cm³/mol. The number of nitro groups is 1. The molecule has 2 rings (SSSR count). The van der Waals surface area contributed by atoms with E-state index in [1.165, 1.54) is 12.1 Å². The third-order valence-electron chi connectivity index (χ3n) is 3.10. The summed E-state index contributed by atoms with van der Waals surface area (Å²) in [5.74, 6) is -0.630. The number of hydrogen-bond donors (Lipinski definition) is 0. The second-order valence-corrected chi connectivity index (χ2v) is 6.29. The Morgan fingerprint density at radius 1 is 1.00 bits per heavy atom. The maximum absolute atomic E-state index is 12.1. The summed E-state index contributed by atoms with van der Waals surface area (Å²) in [5.41, 5.74) is 0.669. The quantitative estimate of drug-likeness (QED) is 0.444. The van der Waals surface area contributed by atoms with Crippen LogP contribution in [0.1, 0.15) is 11.5 Å². The van der Waals surface area contributed by atoms with E-state index in [1.807, 2.05) is 0 Å². The summed E-state index contributed by atoms with van der Waals surface area (Å²) < 4.78 is 29.1. The average molecular weight is 321 g/mol. The zero-order valence-electron chi connectivity index (χ0n) is 11.7.